The van der Waals surface area contributed by atoms with Gasteiger partial charge >= 0.3 is 0 Å². The van der Waals surface area contributed by atoms with Gasteiger partial charge in [0.1, 0.15) is 5.75 Å². The lowest BCUT2D eigenvalue weighted by atomic mass is 10.0. The highest BCUT2D eigenvalue weighted by Crippen LogP contribution is 2.29. The second kappa shape index (κ2) is 8.02. The van der Waals surface area contributed by atoms with Crippen molar-refractivity contribution in [2.75, 3.05) is 13.1 Å². The lowest BCUT2D eigenvalue weighted by molar-refractivity contribution is 0.101. The average molecular weight is 309 g/mol. The van der Waals surface area contributed by atoms with Crippen molar-refractivity contribution in [3.8, 4) is 11.8 Å². The van der Waals surface area contributed by atoms with Gasteiger partial charge in [-0.05, 0) is 25.0 Å². The fourth-order valence-corrected chi connectivity index (χ4v) is 2.49. The Balaban J connectivity index is 3.02. The van der Waals surface area contributed by atoms with E-state index in [9.17, 15) is 9.90 Å². The Bertz CT molecular complexity index is 550. The zero-order chi connectivity index (χ0) is 16.0. The predicted molar refractivity (Wildman–Crippen MR) is 83.5 cm³/mol. The molecular weight excluding hydrogens is 288 g/mol. The fourth-order valence-electron chi connectivity index (χ4n) is 2.24. The molecule has 0 atom stereocenters. The van der Waals surface area contributed by atoms with Gasteiger partial charge in [-0.1, -0.05) is 25.4 Å². The second-order valence-electron chi connectivity index (χ2n) is 5.55. The Morgan fingerprint density at radius 1 is 1.48 bits per heavy atom. The molecule has 0 amide bonds. The molecule has 21 heavy (non-hydrogen) atoms. The van der Waals surface area contributed by atoms with Gasteiger partial charge in [-0.15, -0.1) is 0 Å². The van der Waals surface area contributed by atoms with Crippen LogP contribution >= 0.6 is 11.6 Å². The van der Waals surface area contributed by atoms with E-state index in [1.54, 1.807) is 6.07 Å². The van der Waals surface area contributed by atoms with Crippen LogP contribution in [0.15, 0.2) is 12.1 Å². The first-order valence-corrected chi connectivity index (χ1v) is 7.34. The number of rotatable bonds is 7. The first-order chi connectivity index (χ1) is 9.85. The van der Waals surface area contributed by atoms with Gasteiger partial charge in [0.2, 0.25) is 0 Å². The van der Waals surface area contributed by atoms with E-state index in [0.717, 1.165) is 6.54 Å². The normalized spacial score (nSPS) is 10.9. The summed E-state index contributed by atoms with van der Waals surface area (Å²) in [5.41, 5.74) is 0.855. The molecule has 0 fully saturated rings. The van der Waals surface area contributed by atoms with Gasteiger partial charge in [0.25, 0.3) is 0 Å². The third kappa shape index (κ3) is 5.37. The van der Waals surface area contributed by atoms with E-state index in [2.05, 4.69) is 24.8 Å². The standard InChI is InChI=1S/C16H21ClN2O2/c1-11(2)9-19(6-4-5-18)10-13-7-14(17)8-15(12(3)20)16(13)21/h7-8,11,21H,4,6,9-10H2,1-3H3. The summed E-state index contributed by atoms with van der Waals surface area (Å²) in [7, 11) is 0. The highest BCUT2D eigenvalue weighted by Gasteiger charge is 2.16. The van der Waals surface area contributed by atoms with E-state index >= 15 is 0 Å². The highest BCUT2D eigenvalue weighted by atomic mass is 35.5. The Morgan fingerprint density at radius 3 is 2.67 bits per heavy atom. The van der Waals surface area contributed by atoms with Gasteiger partial charge in [-0.3, -0.25) is 9.69 Å². The van der Waals surface area contributed by atoms with Crippen molar-refractivity contribution in [1.29, 1.82) is 5.26 Å². The summed E-state index contributed by atoms with van der Waals surface area (Å²) in [4.78, 5) is 13.6. The summed E-state index contributed by atoms with van der Waals surface area (Å²) in [6, 6.07) is 5.28. The molecule has 4 nitrogen and oxygen atoms in total. The number of carbonyl (C=O) groups excluding carboxylic acids is 1. The maximum atomic E-state index is 11.5. The number of hydrogen-bond acceptors (Lipinski definition) is 4. The van der Waals surface area contributed by atoms with Crippen molar-refractivity contribution in [2.24, 2.45) is 5.92 Å². The minimum atomic E-state index is -0.219. The molecule has 0 heterocycles. The predicted octanol–water partition coefficient (Wildman–Crippen LogP) is 3.62. The van der Waals surface area contributed by atoms with Crippen molar-refractivity contribution in [1.82, 2.24) is 4.90 Å². The molecule has 0 saturated carbocycles. The number of nitrogens with zero attached hydrogens (tertiary/aromatic N) is 2. The number of benzene rings is 1. The summed E-state index contributed by atoms with van der Waals surface area (Å²) >= 11 is 6.03. The van der Waals surface area contributed by atoms with Gasteiger partial charge in [0.05, 0.1) is 11.6 Å². The summed E-state index contributed by atoms with van der Waals surface area (Å²) < 4.78 is 0. The maximum absolute atomic E-state index is 11.5. The first-order valence-electron chi connectivity index (χ1n) is 6.96. The number of nitriles is 1. The lowest BCUT2D eigenvalue weighted by Gasteiger charge is -2.24. The fraction of sp³-hybridized carbons (Fsp3) is 0.500. The van der Waals surface area contributed by atoms with E-state index < -0.39 is 0 Å². The van der Waals surface area contributed by atoms with Crippen LogP contribution in [0, 0.1) is 17.2 Å². The van der Waals surface area contributed by atoms with E-state index in [1.807, 2.05) is 0 Å². The molecule has 1 aromatic rings. The summed E-state index contributed by atoms with van der Waals surface area (Å²) in [5.74, 6) is 0.207. The van der Waals surface area contributed by atoms with E-state index in [-0.39, 0.29) is 17.1 Å². The number of halogens is 1. The number of Topliss-reactive ketones (excluding diaryl/α,β-unsaturated/α-hetero) is 1. The van der Waals surface area contributed by atoms with Crippen molar-refractivity contribution in [3.05, 3.63) is 28.3 Å². The van der Waals surface area contributed by atoms with Crippen LogP contribution in [0.5, 0.6) is 5.75 Å². The summed E-state index contributed by atoms with van der Waals surface area (Å²) in [5, 5.41) is 19.4. The maximum Gasteiger partial charge on any atom is 0.163 e. The van der Waals surface area contributed by atoms with Gasteiger partial charge in [0, 0.05) is 36.6 Å². The minimum absolute atomic E-state index is 0.0161. The molecule has 0 aliphatic carbocycles. The zero-order valence-electron chi connectivity index (χ0n) is 12.7. The molecule has 1 N–H and O–H groups in total. The second-order valence-corrected chi connectivity index (χ2v) is 5.99. The van der Waals surface area contributed by atoms with Crippen LogP contribution in [0.25, 0.3) is 0 Å². The number of phenols is 1. The van der Waals surface area contributed by atoms with Gasteiger partial charge in [-0.25, -0.2) is 0 Å². The largest absolute Gasteiger partial charge is 0.507 e. The quantitative estimate of drug-likeness (QED) is 0.781. The van der Waals surface area contributed by atoms with Crippen LogP contribution in [0.3, 0.4) is 0 Å². The number of carbonyl (C=O) groups is 1. The monoisotopic (exact) mass is 308 g/mol. The Labute approximate surface area is 130 Å². The van der Waals surface area contributed by atoms with E-state index in [1.165, 1.54) is 13.0 Å². The van der Waals surface area contributed by atoms with Crippen molar-refractivity contribution in [2.45, 2.75) is 33.7 Å². The molecule has 0 aliphatic heterocycles. The average Bonchev–Trinajstić information content (AvgIpc) is 2.38. The summed E-state index contributed by atoms with van der Waals surface area (Å²) in [6.07, 6.45) is 0.424. The Hall–Kier alpha value is -1.57. The molecule has 0 spiro atoms. The molecule has 0 aliphatic rings. The molecular formula is C16H21ClN2O2. The molecule has 1 rings (SSSR count). The first kappa shape index (κ1) is 17.5. The lowest BCUT2D eigenvalue weighted by Crippen LogP contribution is -2.28. The Kier molecular flexibility index (Phi) is 6.67. The van der Waals surface area contributed by atoms with Crippen molar-refractivity contribution >= 4 is 17.4 Å². The van der Waals surface area contributed by atoms with Crippen LogP contribution in [-0.2, 0) is 6.54 Å². The van der Waals surface area contributed by atoms with Crippen LogP contribution in [-0.4, -0.2) is 28.9 Å². The van der Waals surface area contributed by atoms with Crippen LogP contribution in [0.4, 0.5) is 0 Å². The van der Waals surface area contributed by atoms with Gasteiger partial charge < -0.3 is 5.11 Å². The van der Waals surface area contributed by atoms with Crippen LogP contribution in [0.1, 0.15) is 43.1 Å². The molecule has 114 valence electrons. The smallest absolute Gasteiger partial charge is 0.163 e. The van der Waals surface area contributed by atoms with Crippen molar-refractivity contribution < 1.29 is 9.90 Å². The molecule has 0 aromatic heterocycles. The van der Waals surface area contributed by atoms with E-state index in [0.29, 0.717) is 36.0 Å². The highest BCUT2D eigenvalue weighted by molar-refractivity contribution is 6.31. The third-order valence-corrected chi connectivity index (χ3v) is 3.31. The molecule has 0 bridgehead atoms. The van der Waals surface area contributed by atoms with Crippen LogP contribution < -0.4 is 0 Å². The topological polar surface area (TPSA) is 64.3 Å². The SMILES string of the molecule is CC(=O)c1cc(Cl)cc(CN(CCC#N)CC(C)C)c1O. The third-order valence-electron chi connectivity index (χ3n) is 3.09. The van der Waals surface area contributed by atoms with Crippen LogP contribution in [0.2, 0.25) is 5.02 Å². The molecule has 0 unspecified atom stereocenters. The molecule has 0 radical (unpaired) electrons. The van der Waals surface area contributed by atoms with Crippen molar-refractivity contribution in [3.63, 3.8) is 0 Å². The Morgan fingerprint density at radius 2 is 2.14 bits per heavy atom. The number of hydrogen-bond donors (Lipinski definition) is 1. The zero-order valence-corrected chi connectivity index (χ0v) is 13.4. The number of ketones is 1. The van der Waals surface area contributed by atoms with Gasteiger partial charge in [0.15, 0.2) is 5.78 Å². The number of phenolic OH excluding ortho intramolecular Hbond substituents is 1. The summed E-state index contributed by atoms with van der Waals surface area (Å²) in [6.45, 7) is 7.48. The van der Waals surface area contributed by atoms with E-state index in [4.69, 9.17) is 16.9 Å². The minimum Gasteiger partial charge on any atom is -0.507 e. The number of aromatic hydroxyl groups is 1. The molecule has 5 heteroatoms. The molecule has 1 aromatic carbocycles. The van der Waals surface area contributed by atoms with Gasteiger partial charge in [-0.2, -0.15) is 5.26 Å². The molecule has 0 saturated heterocycles.